The summed E-state index contributed by atoms with van der Waals surface area (Å²) >= 11 is 0. The molecule has 0 radical (unpaired) electrons. The van der Waals surface area contributed by atoms with Gasteiger partial charge >= 0.3 is 0 Å². The maximum atomic E-state index is 14.0. The second-order valence-electron chi connectivity index (χ2n) is 6.26. The Bertz CT molecular complexity index is 1050. The van der Waals surface area contributed by atoms with E-state index in [0.29, 0.717) is 19.5 Å². The Kier molecular flexibility index (Phi) is 3.60. The largest absolute Gasteiger partial charge is 0.350 e. The van der Waals surface area contributed by atoms with E-state index in [0.717, 1.165) is 27.7 Å². The molecule has 2 heterocycles. The summed E-state index contributed by atoms with van der Waals surface area (Å²) in [6.07, 6.45) is 0.615. The number of hydrogen-bond donors (Lipinski definition) is 2. The number of anilines is 1. The van der Waals surface area contributed by atoms with E-state index in [4.69, 9.17) is 10.8 Å². The van der Waals surface area contributed by atoms with Crippen molar-refractivity contribution >= 4 is 22.4 Å². The molecule has 25 heavy (non-hydrogen) atoms. The first-order chi connectivity index (χ1) is 12.1. The summed E-state index contributed by atoms with van der Waals surface area (Å²) in [4.78, 5) is 2.10. The van der Waals surface area contributed by atoms with E-state index in [-0.39, 0.29) is 17.1 Å². The third-order valence-electron chi connectivity index (χ3n) is 4.66. The first-order valence-corrected chi connectivity index (χ1v) is 8.19. The fourth-order valence-electron chi connectivity index (χ4n) is 3.42. The van der Waals surface area contributed by atoms with Crippen molar-refractivity contribution in [1.82, 2.24) is 9.78 Å². The molecule has 0 saturated carbocycles. The smallest absolute Gasteiger partial charge is 0.157 e. The third-order valence-corrected chi connectivity index (χ3v) is 4.66. The number of halogens is 1. The standard InChI is InChI=1S/C19H18FN5/c1-12(21)25-18(22)15-6-2-3-7-16(15)19(23-25)24-10-9-14-13(11-24)5-4-8-17(14)20/h2-8,21-22H,9-11H2,1H3. The normalized spacial score (nSPS) is 13.8. The van der Waals surface area contributed by atoms with Gasteiger partial charge in [-0.1, -0.05) is 36.4 Å². The maximum Gasteiger partial charge on any atom is 0.157 e. The lowest BCUT2D eigenvalue weighted by Gasteiger charge is -2.31. The average Bonchev–Trinajstić information content (AvgIpc) is 2.62. The van der Waals surface area contributed by atoms with Crippen LogP contribution in [-0.2, 0) is 13.0 Å². The highest BCUT2D eigenvalue weighted by Crippen LogP contribution is 2.28. The lowest BCUT2D eigenvalue weighted by molar-refractivity contribution is 0.588. The van der Waals surface area contributed by atoms with Crippen LogP contribution >= 0.6 is 0 Å². The number of fused-ring (bicyclic) bond motifs is 2. The summed E-state index contributed by atoms with van der Waals surface area (Å²) in [5, 5.41) is 22.4. The Morgan fingerprint density at radius 1 is 1.12 bits per heavy atom. The van der Waals surface area contributed by atoms with E-state index in [1.165, 1.54) is 10.7 Å². The van der Waals surface area contributed by atoms with Gasteiger partial charge in [-0.3, -0.25) is 10.8 Å². The van der Waals surface area contributed by atoms with Gasteiger partial charge in [-0.2, -0.15) is 4.68 Å². The molecule has 0 aliphatic carbocycles. The number of rotatable bonds is 1. The fraction of sp³-hybridized carbons (Fsp3) is 0.211. The SMILES string of the molecule is CC(=N)n1nc(N2CCc3c(F)cccc3C2)c2ccccc2c1=N. The summed E-state index contributed by atoms with van der Waals surface area (Å²) in [6.45, 7) is 2.84. The fourth-order valence-corrected chi connectivity index (χ4v) is 3.42. The molecule has 0 spiro atoms. The summed E-state index contributed by atoms with van der Waals surface area (Å²) in [5.74, 6) is 0.774. The molecular formula is C19H18FN5. The van der Waals surface area contributed by atoms with Crippen LogP contribution in [0, 0.1) is 16.6 Å². The van der Waals surface area contributed by atoms with Crippen LogP contribution in [0.3, 0.4) is 0 Å². The van der Waals surface area contributed by atoms with Crippen LogP contribution in [0.5, 0.6) is 0 Å². The molecule has 0 fully saturated rings. The van der Waals surface area contributed by atoms with E-state index >= 15 is 0 Å². The van der Waals surface area contributed by atoms with Crippen molar-refractivity contribution in [2.45, 2.75) is 19.9 Å². The predicted octanol–water partition coefficient (Wildman–Crippen LogP) is 3.06. The van der Waals surface area contributed by atoms with Gasteiger partial charge in [0.1, 0.15) is 11.7 Å². The van der Waals surface area contributed by atoms with Gasteiger partial charge in [0.25, 0.3) is 0 Å². The van der Waals surface area contributed by atoms with E-state index in [9.17, 15) is 4.39 Å². The highest BCUT2D eigenvalue weighted by atomic mass is 19.1. The van der Waals surface area contributed by atoms with Gasteiger partial charge in [0.2, 0.25) is 0 Å². The van der Waals surface area contributed by atoms with Crippen molar-refractivity contribution in [3.8, 4) is 0 Å². The van der Waals surface area contributed by atoms with Crippen molar-refractivity contribution in [2.75, 3.05) is 11.4 Å². The predicted molar refractivity (Wildman–Crippen MR) is 95.5 cm³/mol. The zero-order chi connectivity index (χ0) is 17.6. The minimum absolute atomic E-state index is 0.151. The van der Waals surface area contributed by atoms with Crippen molar-refractivity contribution in [3.05, 3.63) is 64.9 Å². The van der Waals surface area contributed by atoms with Crippen molar-refractivity contribution in [1.29, 1.82) is 10.8 Å². The Morgan fingerprint density at radius 3 is 2.64 bits per heavy atom. The molecule has 0 amide bonds. The first kappa shape index (κ1) is 15.5. The molecule has 0 unspecified atom stereocenters. The maximum absolute atomic E-state index is 14.0. The Morgan fingerprint density at radius 2 is 1.88 bits per heavy atom. The van der Waals surface area contributed by atoms with Gasteiger partial charge in [0.05, 0.1) is 0 Å². The van der Waals surface area contributed by atoms with Crippen LogP contribution in [0.4, 0.5) is 10.2 Å². The minimum Gasteiger partial charge on any atom is -0.350 e. The van der Waals surface area contributed by atoms with E-state index in [1.54, 1.807) is 13.0 Å². The molecular weight excluding hydrogens is 317 g/mol. The molecule has 0 saturated heterocycles. The van der Waals surface area contributed by atoms with Crippen LogP contribution < -0.4 is 10.4 Å². The summed E-state index contributed by atoms with van der Waals surface area (Å²) in [5.41, 5.74) is 1.94. The molecule has 0 atom stereocenters. The third kappa shape index (κ3) is 2.50. The van der Waals surface area contributed by atoms with Gasteiger partial charge in [-0.15, -0.1) is 5.10 Å². The van der Waals surface area contributed by atoms with Crippen molar-refractivity contribution in [3.63, 3.8) is 0 Å². The van der Waals surface area contributed by atoms with Crippen LogP contribution in [0.1, 0.15) is 18.1 Å². The molecule has 3 aromatic rings. The molecule has 126 valence electrons. The monoisotopic (exact) mass is 335 g/mol. The van der Waals surface area contributed by atoms with E-state index < -0.39 is 0 Å². The molecule has 2 aromatic carbocycles. The molecule has 6 heteroatoms. The second kappa shape index (κ2) is 5.81. The van der Waals surface area contributed by atoms with Gasteiger partial charge in [-0.05, 0) is 30.5 Å². The number of benzene rings is 2. The molecule has 4 rings (SSSR count). The van der Waals surface area contributed by atoms with Crippen LogP contribution in [0.2, 0.25) is 0 Å². The van der Waals surface area contributed by atoms with Crippen LogP contribution in [0.25, 0.3) is 10.8 Å². The lowest BCUT2D eigenvalue weighted by Crippen LogP contribution is -2.35. The zero-order valence-corrected chi connectivity index (χ0v) is 13.9. The Balaban J connectivity index is 1.89. The number of aromatic nitrogens is 2. The molecule has 0 bridgehead atoms. The number of nitrogens with zero attached hydrogens (tertiary/aromatic N) is 3. The van der Waals surface area contributed by atoms with Crippen LogP contribution in [0.15, 0.2) is 42.5 Å². The molecule has 1 aromatic heterocycles. The number of nitrogens with one attached hydrogen (secondary N) is 2. The molecule has 1 aliphatic rings. The second-order valence-corrected chi connectivity index (χ2v) is 6.26. The first-order valence-electron chi connectivity index (χ1n) is 8.19. The molecule has 5 nitrogen and oxygen atoms in total. The molecule has 2 N–H and O–H groups in total. The van der Waals surface area contributed by atoms with Gasteiger partial charge < -0.3 is 4.90 Å². The zero-order valence-electron chi connectivity index (χ0n) is 13.9. The topological polar surface area (TPSA) is 68.8 Å². The molecule has 1 aliphatic heterocycles. The quantitative estimate of drug-likeness (QED) is 0.530. The summed E-state index contributed by atoms with van der Waals surface area (Å²) < 4.78 is 15.3. The summed E-state index contributed by atoms with van der Waals surface area (Å²) in [7, 11) is 0. The van der Waals surface area contributed by atoms with Gasteiger partial charge in [0, 0.05) is 23.9 Å². The minimum atomic E-state index is -0.151. The van der Waals surface area contributed by atoms with Gasteiger partial charge in [-0.25, -0.2) is 4.39 Å². The van der Waals surface area contributed by atoms with E-state index in [1.807, 2.05) is 30.3 Å². The Labute approximate surface area is 144 Å². The average molecular weight is 335 g/mol. The van der Waals surface area contributed by atoms with Crippen molar-refractivity contribution in [2.24, 2.45) is 0 Å². The van der Waals surface area contributed by atoms with Crippen LogP contribution in [-0.4, -0.2) is 22.2 Å². The summed E-state index contributed by atoms with van der Waals surface area (Å²) in [6, 6.07) is 12.8. The number of hydrogen-bond acceptors (Lipinski definition) is 4. The Hall–Kier alpha value is -3.02. The van der Waals surface area contributed by atoms with E-state index in [2.05, 4.69) is 10.00 Å². The lowest BCUT2D eigenvalue weighted by atomic mass is 9.99. The van der Waals surface area contributed by atoms with Crippen molar-refractivity contribution < 1.29 is 4.39 Å². The highest BCUT2D eigenvalue weighted by molar-refractivity contribution is 5.93. The van der Waals surface area contributed by atoms with Gasteiger partial charge in [0.15, 0.2) is 11.3 Å². The highest BCUT2D eigenvalue weighted by Gasteiger charge is 2.22.